The first kappa shape index (κ1) is 22.9. The molecule has 7 heteroatoms. The van der Waals surface area contributed by atoms with Crippen LogP contribution in [0.5, 0.6) is 5.88 Å². The fourth-order valence-electron chi connectivity index (χ4n) is 3.95. The van der Waals surface area contributed by atoms with Gasteiger partial charge in [0.25, 0.3) is 0 Å². The molecule has 0 aliphatic carbocycles. The number of methoxy groups -OCH3 is 1. The summed E-state index contributed by atoms with van der Waals surface area (Å²) in [6.07, 6.45) is 1.27. The third-order valence-corrected chi connectivity index (χ3v) is 5.34. The van der Waals surface area contributed by atoms with Gasteiger partial charge in [-0.2, -0.15) is 0 Å². The Morgan fingerprint density at radius 3 is 2.39 bits per heavy atom. The van der Waals surface area contributed by atoms with Crippen molar-refractivity contribution in [1.29, 1.82) is 0 Å². The van der Waals surface area contributed by atoms with Crippen LogP contribution in [0.1, 0.15) is 40.2 Å². The Hall–Kier alpha value is -2.80. The standard InChI is InChI=1S/C24H34N4O3/c1-17-14-27(15-18(2)28(17)16-19-10-8-7-9-11-19)20-12-21(22(30-6)25-13-20)26-23(29)31-24(3,4)5/h7-13,17-18H,14-16H2,1-6H3,(H,26,29). The van der Waals surface area contributed by atoms with E-state index in [1.54, 1.807) is 6.20 Å². The highest BCUT2D eigenvalue weighted by atomic mass is 16.6. The lowest BCUT2D eigenvalue weighted by Crippen LogP contribution is -2.56. The molecule has 1 aromatic carbocycles. The van der Waals surface area contributed by atoms with Crippen molar-refractivity contribution in [2.24, 2.45) is 0 Å². The summed E-state index contributed by atoms with van der Waals surface area (Å²) in [7, 11) is 1.54. The van der Waals surface area contributed by atoms with E-state index in [2.05, 4.69) is 58.2 Å². The molecular weight excluding hydrogens is 392 g/mol. The minimum atomic E-state index is -0.581. The van der Waals surface area contributed by atoms with E-state index in [0.717, 1.165) is 25.3 Å². The highest BCUT2D eigenvalue weighted by Gasteiger charge is 2.30. The number of nitrogens with one attached hydrogen (secondary N) is 1. The van der Waals surface area contributed by atoms with Crippen LogP contribution in [0.2, 0.25) is 0 Å². The summed E-state index contributed by atoms with van der Waals surface area (Å²) in [4.78, 5) is 21.5. The van der Waals surface area contributed by atoms with Crippen molar-refractivity contribution in [1.82, 2.24) is 9.88 Å². The second kappa shape index (κ2) is 9.56. The van der Waals surface area contributed by atoms with Crippen molar-refractivity contribution < 1.29 is 14.3 Å². The van der Waals surface area contributed by atoms with Crippen molar-refractivity contribution in [3.05, 3.63) is 48.2 Å². The molecule has 1 aliphatic heterocycles. The molecule has 168 valence electrons. The summed E-state index contributed by atoms with van der Waals surface area (Å²) in [5.74, 6) is 0.360. The number of carbonyl (C=O) groups is 1. The molecule has 0 spiro atoms. The SMILES string of the molecule is COc1ncc(N2CC(C)N(Cc3ccccc3)C(C)C2)cc1NC(=O)OC(C)(C)C. The Morgan fingerprint density at radius 2 is 1.81 bits per heavy atom. The van der Waals surface area contributed by atoms with Gasteiger partial charge < -0.3 is 14.4 Å². The summed E-state index contributed by atoms with van der Waals surface area (Å²) < 4.78 is 10.7. The predicted molar refractivity (Wildman–Crippen MR) is 124 cm³/mol. The Bertz CT molecular complexity index is 870. The number of benzene rings is 1. The van der Waals surface area contributed by atoms with E-state index in [1.807, 2.05) is 32.9 Å². The first-order valence-corrected chi connectivity index (χ1v) is 10.7. The van der Waals surface area contributed by atoms with E-state index in [-0.39, 0.29) is 0 Å². The molecule has 1 saturated heterocycles. The Morgan fingerprint density at radius 1 is 1.16 bits per heavy atom. The summed E-state index contributed by atoms with van der Waals surface area (Å²) >= 11 is 0. The van der Waals surface area contributed by atoms with Crippen LogP contribution in [0.3, 0.4) is 0 Å². The molecule has 2 heterocycles. The molecule has 1 aliphatic rings. The zero-order valence-corrected chi connectivity index (χ0v) is 19.4. The molecule has 2 atom stereocenters. The van der Waals surface area contributed by atoms with Crippen LogP contribution in [0, 0.1) is 0 Å². The van der Waals surface area contributed by atoms with Crippen LogP contribution in [0.4, 0.5) is 16.2 Å². The predicted octanol–water partition coefficient (Wildman–Crippen LogP) is 4.54. The zero-order chi connectivity index (χ0) is 22.6. The molecule has 0 saturated carbocycles. The molecule has 31 heavy (non-hydrogen) atoms. The second-order valence-corrected chi connectivity index (χ2v) is 9.14. The quantitative estimate of drug-likeness (QED) is 0.757. The lowest BCUT2D eigenvalue weighted by Gasteiger charge is -2.45. The molecule has 1 amide bonds. The van der Waals surface area contributed by atoms with Gasteiger partial charge in [0.2, 0.25) is 5.88 Å². The first-order valence-electron chi connectivity index (χ1n) is 10.7. The van der Waals surface area contributed by atoms with Crippen LogP contribution in [-0.2, 0) is 11.3 Å². The molecule has 1 aromatic heterocycles. The Balaban J connectivity index is 1.73. The minimum absolute atomic E-state index is 0.360. The second-order valence-electron chi connectivity index (χ2n) is 9.14. The van der Waals surface area contributed by atoms with Gasteiger partial charge in [-0.05, 0) is 46.2 Å². The third-order valence-electron chi connectivity index (χ3n) is 5.34. The van der Waals surface area contributed by atoms with Gasteiger partial charge in [0.15, 0.2) is 0 Å². The van der Waals surface area contributed by atoms with E-state index < -0.39 is 11.7 Å². The molecule has 0 radical (unpaired) electrons. The number of piperazine rings is 1. The maximum absolute atomic E-state index is 12.3. The Labute approximate surface area is 185 Å². The van der Waals surface area contributed by atoms with Crippen LogP contribution < -0.4 is 15.0 Å². The average molecular weight is 427 g/mol. The van der Waals surface area contributed by atoms with Crippen LogP contribution >= 0.6 is 0 Å². The van der Waals surface area contributed by atoms with Gasteiger partial charge >= 0.3 is 6.09 Å². The number of rotatable bonds is 5. The van der Waals surface area contributed by atoms with E-state index >= 15 is 0 Å². The van der Waals surface area contributed by atoms with Gasteiger partial charge in [-0.15, -0.1) is 0 Å². The van der Waals surface area contributed by atoms with Gasteiger partial charge in [-0.25, -0.2) is 9.78 Å². The summed E-state index contributed by atoms with van der Waals surface area (Å²) in [6.45, 7) is 12.7. The molecule has 2 unspecified atom stereocenters. The number of ether oxygens (including phenoxy) is 2. The van der Waals surface area contributed by atoms with Crippen LogP contribution in [-0.4, -0.2) is 53.9 Å². The monoisotopic (exact) mass is 426 g/mol. The van der Waals surface area contributed by atoms with Crippen LogP contribution in [0.25, 0.3) is 0 Å². The average Bonchev–Trinajstić information content (AvgIpc) is 2.70. The number of hydrogen-bond acceptors (Lipinski definition) is 6. The van der Waals surface area contributed by atoms with E-state index in [0.29, 0.717) is 23.7 Å². The lowest BCUT2D eigenvalue weighted by molar-refractivity contribution is 0.0635. The van der Waals surface area contributed by atoms with Gasteiger partial charge in [-0.3, -0.25) is 10.2 Å². The van der Waals surface area contributed by atoms with Crippen molar-refractivity contribution >= 4 is 17.5 Å². The van der Waals surface area contributed by atoms with Crippen LogP contribution in [0.15, 0.2) is 42.6 Å². The summed E-state index contributed by atoms with van der Waals surface area (Å²) in [5.41, 5.74) is 2.19. The van der Waals surface area contributed by atoms with Gasteiger partial charge in [-0.1, -0.05) is 30.3 Å². The molecule has 2 aromatic rings. The fourth-order valence-corrected chi connectivity index (χ4v) is 3.95. The Kier molecular flexibility index (Phi) is 7.05. The largest absolute Gasteiger partial charge is 0.480 e. The van der Waals surface area contributed by atoms with E-state index in [4.69, 9.17) is 9.47 Å². The number of anilines is 2. The molecule has 0 bridgehead atoms. The third kappa shape index (κ3) is 6.10. The number of carbonyl (C=O) groups excluding carboxylic acids is 1. The maximum Gasteiger partial charge on any atom is 0.412 e. The van der Waals surface area contributed by atoms with E-state index in [1.165, 1.54) is 12.7 Å². The summed E-state index contributed by atoms with van der Waals surface area (Å²) in [6, 6.07) is 13.2. The molecule has 7 nitrogen and oxygen atoms in total. The van der Waals surface area contributed by atoms with E-state index in [9.17, 15) is 4.79 Å². The van der Waals surface area contributed by atoms with Gasteiger partial charge in [0.1, 0.15) is 11.3 Å². The molecule has 1 fully saturated rings. The zero-order valence-electron chi connectivity index (χ0n) is 19.4. The highest BCUT2D eigenvalue weighted by molar-refractivity contribution is 5.87. The lowest BCUT2D eigenvalue weighted by atomic mass is 10.1. The number of amides is 1. The van der Waals surface area contributed by atoms with Crippen molar-refractivity contribution in [2.45, 2.75) is 58.8 Å². The number of hydrogen-bond donors (Lipinski definition) is 1. The van der Waals surface area contributed by atoms with Crippen molar-refractivity contribution in [3.63, 3.8) is 0 Å². The fraction of sp³-hybridized carbons (Fsp3) is 0.500. The normalized spacial score (nSPS) is 19.7. The van der Waals surface area contributed by atoms with Gasteiger partial charge in [0, 0.05) is 31.7 Å². The smallest absolute Gasteiger partial charge is 0.412 e. The summed E-state index contributed by atoms with van der Waals surface area (Å²) in [5, 5.41) is 2.78. The first-order chi connectivity index (χ1) is 14.7. The number of nitrogens with zero attached hydrogens (tertiary/aromatic N) is 3. The number of pyridine rings is 1. The molecular formula is C24H34N4O3. The molecule has 3 rings (SSSR count). The topological polar surface area (TPSA) is 66.9 Å². The van der Waals surface area contributed by atoms with Crippen molar-refractivity contribution in [3.8, 4) is 5.88 Å². The minimum Gasteiger partial charge on any atom is -0.480 e. The number of aromatic nitrogens is 1. The highest BCUT2D eigenvalue weighted by Crippen LogP contribution is 2.30. The maximum atomic E-state index is 12.3. The van der Waals surface area contributed by atoms with Crippen molar-refractivity contribution in [2.75, 3.05) is 30.4 Å². The molecule has 1 N–H and O–H groups in total. The van der Waals surface area contributed by atoms with Gasteiger partial charge in [0.05, 0.1) is 19.0 Å².